The molecule has 0 fully saturated rings. The van der Waals surface area contributed by atoms with E-state index in [0.29, 0.717) is 17.9 Å². The third-order valence-corrected chi connectivity index (χ3v) is 4.72. The number of hydrogen-bond donors (Lipinski definition) is 0. The molecular weight excluding hydrogens is 376 g/mol. The van der Waals surface area contributed by atoms with Crippen LogP contribution in [0.1, 0.15) is 41.8 Å². The van der Waals surface area contributed by atoms with Crippen molar-refractivity contribution >= 4 is 33.2 Å². The number of thiazole rings is 1. The smallest absolute Gasteiger partial charge is 0.257 e. The molecule has 1 amide bonds. The van der Waals surface area contributed by atoms with Gasteiger partial charge in [0.05, 0.1) is 28.9 Å². The van der Waals surface area contributed by atoms with Crippen LogP contribution in [0, 0.1) is 0 Å². The lowest BCUT2D eigenvalue weighted by atomic mass is 10.1. The molecule has 124 valence electrons. The average molecular weight is 397 g/mol. The molecule has 0 spiro atoms. The molecule has 0 unspecified atom stereocenters. The monoisotopic (exact) mass is 396 g/mol. The van der Waals surface area contributed by atoms with E-state index in [1.807, 2.05) is 31.4 Å². The summed E-state index contributed by atoms with van der Waals surface area (Å²) in [7, 11) is 1.79. The Hall–Kier alpha value is -1.40. The van der Waals surface area contributed by atoms with Gasteiger partial charge in [-0.15, -0.1) is 11.3 Å². The number of nitrogens with zero attached hydrogens (tertiary/aromatic N) is 2. The molecule has 0 N–H and O–H groups in total. The second-order valence-electron chi connectivity index (χ2n) is 5.55. The highest BCUT2D eigenvalue weighted by atomic mass is 79.9. The Kier molecular flexibility index (Phi) is 6.18. The molecule has 0 aliphatic heterocycles. The number of rotatable bonds is 6. The van der Waals surface area contributed by atoms with Crippen molar-refractivity contribution in [1.29, 1.82) is 0 Å². The van der Waals surface area contributed by atoms with E-state index < -0.39 is 0 Å². The quantitative estimate of drug-likeness (QED) is 0.720. The molecule has 1 aromatic heterocycles. The minimum atomic E-state index is -0.0702. The van der Waals surface area contributed by atoms with Crippen LogP contribution in [-0.2, 0) is 13.0 Å². The van der Waals surface area contributed by atoms with E-state index in [1.165, 1.54) is 0 Å². The average Bonchev–Trinajstić information content (AvgIpc) is 2.93. The van der Waals surface area contributed by atoms with E-state index in [4.69, 9.17) is 4.74 Å². The highest BCUT2D eigenvalue weighted by Crippen LogP contribution is 2.26. The van der Waals surface area contributed by atoms with Gasteiger partial charge in [0, 0.05) is 16.9 Å². The Bertz CT molecular complexity index is 685. The number of carbonyl (C=O) groups is 1. The van der Waals surface area contributed by atoms with Gasteiger partial charge in [-0.2, -0.15) is 0 Å². The van der Waals surface area contributed by atoms with Crippen LogP contribution in [-0.4, -0.2) is 28.9 Å². The van der Waals surface area contributed by atoms with Crippen LogP contribution in [0.3, 0.4) is 0 Å². The predicted molar refractivity (Wildman–Crippen MR) is 97.2 cm³/mol. The van der Waals surface area contributed by atoms with Gasteiger partial charge in [0.1, 0.15) is 5.75 Å². The Labute approximate surface area is 149 Å². The van der Waals surface area contributed by atoms with E-state index in [-0.39, 0.29) is 12.0 Å². The van der Waals surface area contributed by atoms with Crippen LogP contribution < -0.4 is 4.74 Å². The van der Waals surface area contributed by atoms with Crippen molar-refractivity contribution in [3.63, 3.8) is 0 Å². The maximum Gasteiger partial charge on any atom is 0.257 e. The lowest BCUT2D eigenvalue weighted by Gasteiger charge is -2.19. The van der Waals surface area contributed by atoms with Crippen LogP contribution in [0.25, 0.3) is 0 Å². The summed E-state index contributed by atoms with van der Waals surface area (Å²) >= 11 is 5.06. The van der Waals surface area contributed by atoms with Crippen LogP contribution in [0.2, 0.25) is 0 Å². The number of halogens is 1. The van der Waals surface area contributed by atoms with Gasteiger partial charge in [-0.3, -0.25) is 4.79 Å². The fourth-order valence-electron chi connectivity index (χ4n) is 2.13. The first kappa shape index (κ1) is 17.9. The van der Waals surface area contributed by atoms with Gasteiger partial charge in [-0.05, 0) is 38.5 Å². The summed E-state index contributed by atoms with van der Waals surface area (Å²) in [5.74, 6) is 0.526. The van der Waals surface area contributed by atoms with Gasteiger partial charge in [0.15, 0.2) is 0 Å². The summed E-state index contributed by atoms with van der Waals surface area (Å²) in [6.45, 7) is 6.46. The van der Waals surface area contributed by atoms with Crippen molar-refractivity contribution < 1.29 is 9.53 Å². The van der Waals surface area contributed by atoms with E-state index in [9.17, 15) is 4.79 Å². The number of carbonyl (C=O) groups excluding carboxylic acids is 1. The standard InChI is InChI=1S/C17H21BrN2O2S/c1-5-16-19-13(10-23-16)9-20(4)17(21)14-7-6-12(18)8-15(14)22-11(2)3/h6-8,10-11H,5,9H2,1-4H3. The second kappa shape index (κ2) is 7.93. The minimum Gasteiger partial charge on any atom is -0.490 e. The molecule has 0 saturated heterocycles. The Morgan fingerprint density at radius 3 is 2.78 bits per heavy atom. The van der Waals surface area contributed by atoms with Crippen molar-refractivity contribution in [2.24, 2.45) is 0 Å². The molecule has 0 saturated carbocycles. The fourth-order valence-corrected chi connectivity index (χ4v) is 3.20. The molecule has 0 aliphatic rings. The molecule has 0 bridgehead atoms. The van der Waals surface area contributed by atoms with E-state index >= 15 is 0 Å². The number of amides is 1. The first-order valence-corrected chi connectivity index (χ1v) is 9.23. The molecule has 2 aromatic rings. The maximum atomic E-state index is 12.7. The third-order valence-electron chi connectivity index (χ3n) is 3.18. The van der Waals surface area contributed by atoms with Gasteiger partial charge in [-0.25, -0.2) is 4.98 Å². The zero-order chi connectivity index (χ0) is 17.0. The van der Waals surface area contributed by atoms with Crippen LogP contribution in [0.5, 0.6) is 5.75 Å². The molecule has 0 aliphatic carbocycles. The largest absolute Gasteiger partial charge is 0.490 e. The van der Waals surface area contributed by atoms with Crippen molar-refractivity contribution in [3.8, 4) is 5.75 Å². The zero-order valence-corrected chi connectivity index (χ0v) is 16.2. The minimum absolute atomic E-state index is 0.00630. The van der Waals surface area contributed by atoms with Gasteiger partial charge >= 0.3 is 0 Å². The molecular formula is C17H21BrN2O2S. The molecule has 6 heteroatoms. The van der Waals surface area contributed by atoms with Crippen molar-refractivity contribution in [2.75, 3.05) is 7.05 Å². The lowest BCUT2D eigenvalue weighted by molar-refractivity contribution is 0.0777. The van der Waals surface area contributed by atoms with Gasteiger partial charge in [-0.1, -0.05) is 22.9 Å². The molecule has 1 heterocycles. The zero-order valence-electron chi connectivity index (χ0n) is 13.8. The van der Waals surface area contributed by atoms with Gasteiger partial charge in [0.25, 0.3) is 5.91 Å². The first-order chi connectivity index (χ1) is 10.9. The second-order valence-corrected chi connectivity index (χ2v) is 7.41. The topological polar surface area (TPSA) is 42.4 Å². The number of benzene rings is 1. The van der Waals surface area contributed by atoms with Crippen LogP contribution in [0.4, 0.5) is 0 Å². The number of aromatic nitrogens is 1. The van der Waals surface area contributed by atoms with Gasteiger partial charge < -0.3 is 9.64 Å². The summed E-state index contributed by atoms with van der Waals surface area (Å²) in [6, 6.07) is 5.48. The molecule has 0 atom stereocenters. The molecule has 23 heavy (non-hydrogen) atoms. The lowest BCUT2D eigenvalue weighted by Crippen LogP contribution is -2.27. The van der Waals surface area contributed by atoms with E-state index in [0.717, 1.165) is 21.6 Å². The maximum absolute atomic E-state index is 12.7. The van der Waals surface area contributed by atoms with Crippen molar-refractivity contribution in [3.05, 3.63) is 44.3 Å². The predicted octanol–water partition coefficient (Wildman–Crippen LogP) is 4.53. The molecule has 4 nitrogen and oxygen atoms in total. The third kappa shape index (κ3) is 4.78. The Morgan fingerprint density at radius 1 is 1.43 bits per heavy atom. The summed E-state index contributed by atoms with van der Waals surface area (Å²) in [6.07, 6.45) is 0.924. The molecule has 1 aromatic carbocycles. The molecule has 0 radical (unpaired) electrons. The Balaban J connectivity index is 2.18. The summed E-state index contributed by atoms with van der Waals surface area (Å²) < 4.78 is 6.67. The van der Waals surface area contributed by atoms with Crippen LogP contribution >= 0.6 is 27.3 Å². The van der Waals surface area contributed by atoms with E-state index in [1.54, 1.807) is 29.4 Å². The molecule has 2 rings (SSSR count). The number of ether oxygens (including phenoxy) is 1. The number of aryl methyl sites for hydroxylation is 1. The first-order valence-electron chi connectivity index (χ1n) is 7.55. The number of hydrogen-bond acceptors (Lipinski definition) is 4. The Morgan fingerprint density at radius 2 is 2.17 bits per heavy atom. The summed E-state index contributed by atoms with van der Waals surface area (Å²) in [5.41, 5.74) is 1.49. The summed E-state index contributed by atoms with van der Waals surface area (Å²) in [4.78, 5) is 18.9. The van der Waals surface area contributed by atoms with Crippen LogP contribution in [0.15, 0.2) is 28.1 Å². The normalized spacial score (nSPS) is 10.9. The highest BCUT2D eigenvalue weighted by Gasteiger charge is 2.19. The van der Waals surface area contributed by atoms with E-state index in [2.05, 4.69) is 27.8 Å². The van der Waals surface area contributed by atoms with Gasteiger partial charge in [0.2, 0.25) is 0 Å². The van der Waals surface area contributed by atoms with Crippen molar-refractivity contribution in [2.45, 2.75) is 39.8 Å². The van der Waals surface area contributed by atoms with Crippen molar-refractivity contribution in [1.82, 2.24) is 9.88 Å². The highest BCUT2D eigenvalue weighted by molar-refractivity contribution is 9.10. The SMILES string of the molecule is CCc1nc(CN(C)C(=O)c2ccc(Br)cc2OC(C)C)cs1. The summed E-state index contributed by atoms with van der Waals surface area (Å²) in [5, 5.41) is 3.10. The fraction of sp³-hybridized carbons (Fsp3) is 0.412.